The summed E-state index contributed by atoms with van der Waals surface area (Å²) in [5, 5.41) is 3.95. The summed E-state index contributed by atoms with van der Waals surface area (Å²) in [6.45, 7) is 2.28. The van der Waals surface area contributed by atoms with Crippen LogP contribution in [0.4, 0.5) is 0 Å². The molecule has 0 amide bonds. The maximum Gasteiger partial charge on any atom is 0.0302 e. The van der Waals surface area contributed by atoms with E-state index in [1.165, 1.54) is 62.3 Å². The van der Waals surface area contributed by atoms with Gasteiger partial charge in [-0.05, 0) is 41.8 Å². The molecule has 1 aromatic heterocycles. The van der Waals surface area contributed by atoms with Crippen LogP contribution in [0.15, 0.2) is 5.38 Å². The van der Waals surface area contributed by atoms with E-state index >= 15 is 0 Å². The lowest BCUT2D eigenvalue weighted by atomic mass is 10.0. The van der Waals surface area contributed by atoms with Gasteiger partial charge in [0.1, 0.15) is 0 Å². The molecule has 1 aromatic rings. The van der Waals surface area contributed by atoms with Crippen molar-refractivity contribution in [3.8, 4) is 0 Å². The third kappa shape index (κ3) is 3.70. The smallest absolute Gasteiger partial charge is 0.0302 e. The Morgan fingerprint density at radius 2 is 1.76 bits per heavy atom. The highest BCUT2D eigenvalue weighted by Gasteiger charge is 2.02. The van der Waals surface area contributed by atoms with E-state index in [4.69, 9.17) is 0 Å². The summed E-state index contributed by atoms with van der Waals surface area (Å²) in [5.74, 6) is 0. The van der Waals surface area contributed by atoms with Crippen molar-refractivity contribution in [1.29, 1.82) is 0 Å². The van der Waals surface area contributed by atoms with Crippen LogP contribution in [0.2, 0.25) is 0 Å². The van der Waals surface area contributed by atoms with Crippen LogP contribution >= 0.6 is 11.3 Å². The van der Waals surface area contributed by atoms with Gasteiger partial charge in [-0.15, -0.1) is 11.3 Å². The normalized spacial score (nSPS) is 13.9. The monoisotopic (exact) mass is 248 g/mol. The first kappa shape index (κ1) is 12.9. The highest BCUT2D eigenvalue weighted by atomic mass is 32.1. The summed E-state index contributed by atoms with van der Waals surface area (Å²) in [6.07, 6.45) is 17.0. The van der Waals surface area contributed by atoms with Gasteiger partial charge in [-0.25, -0.2) is 0 Å². The molecule has 1 aliphatic carbocycles. The van der Waals surface area contributed by atoms with E-state index in [1.54, 1.807) is 10.8 Å². The van der Waals surface area contributed by atoms with Crippen molar-refractivity contribution < 1.29 is 0 Å². The van der Waals surface area contributed by atoms with Gasteiger partial charge in [0.2, 0.25) is 0 Å². The Hall–Kier alpha value is -0.560. The van der Waals surface area contributed by atoms with Gasteiger partial charge in [0.25, 0.3) is 0 Å². The van der Waals surface area contributed by atoms with Crippen LogP contribution < -0.4 is 9.75 Å². The number of rotatable bonds is 7. The van der Waals surface area contributed by atoms with E-state index in [2.05, 4.69) is 24.5 Å². The van der Waals surface area contributed by atoms with Gasteiger partial charge in [0.05, 0.1) is 0 Å². The van der Waals surface area contributed by atoms with Gasteiger partial charge in [-0.1, -0.05) is 51.2 Å². The molecule has 0 spiro atoms. The first-order valence-corrected chi connectivity index (χ1v) is 8.06. The van der Waals surface area contributed by atoms with Crippen LogP contribution in [0, 0.1) is 0 Å². The van der Waals surface area contributed by atoms with Crippen LogP contribution in [0.5, 0.6) is 0 Å². The standard InChI is InChI=1S/C16H24S/c1-2-3-4-5-6-7-10-14-13-17-16-12-9-8-11-15(14)16/h11-13H,2-10H2,1H3. The fraction of sp³-hybridized carbons (Fsp3) is 0.625. The van der Waals surface area contributed by atoms with Gasteiger partial charge in [0, 0.05) is 4.53 Å². The Morgan fingerprint density at radius 3 is 2.65 bits per heavy atom. The minimum atomic E-state index is 1.24. The minimum Gasteiger partial charge on any atom is -0.144 e. The molecule has 0 N–H and O–H groups in total. The molecular weight excluding hydrogens is 224 g/mol. The number of fused-ring (bicyclic) bond motifs is 1. The molecular formula is C16H24S. The molecule has 0 aromatic carbocycles. The van der Waals surface area contributed by atoms with Crippen molar-refractivity contribution in [2.75, 3.05) is 0 Å². The molecule has 0 atom stereocenters. The molecule has 0 bridgehead atoms. The Balaban J connectivity index is 1.79. The molecule has 1 aliphatic rings. The predicted molar refractivity (Wildman–Crippen MR) is 78.8 cm³/mol. The number of unbranched alkanes of at least 4 members (excludes halogenated alkanes) is 5. The predicted octanol–water partition coefficient (Wildman–Crippen LogP) is 4.01. The molecule has 0 unspecified atom stereocenters. The van der Waals surface area contributed by atoms with Crippen molar-refractivity contribution in [1.82, 2.24) is 0 Å². The van der Waals surface area contributed by atoms with Gasteiger partial charge < -0.3 is 0 Å². The Bertz CT molecular complexity index is 439. The van der Waals surface area contributed by atoms with E-state index in [0.717, 1.165) is 0 Å². The fourth-order valence-corrected chi connectivity index (χ4v) is 3.61. The van der Waals surface area contributed by atoms with Crippen molar-refractivity contribution >= 4 is 23.5 Å². The average molecular weight is 248 g/mol. The number of hydrogen-bond donors (Lipinski definition) is 0. The lowest BCUT2D eigenvalue weighted by Crippen LogP contribution is -2.23. The maximum atomic E-state index is 2.44. The van der Waals surface area contributed by atoms with Crippen molar-refractivity contribution in [2.45, 2.75) is 64.7 Å². The first-order chi connectivity index (χ1) is 8.42. The number of hydrogen-bond acceptors (Lipinski definition) is 1. The molecule has 0 nitrogen and oxygen atoms in total. The molecule has 0 saturated carbocycles. The third-order valence-corrected chi connectivity index (χ3v) is 4.63. The molecule has 0 radical (unpaired) electrons. The molecule has 17 heavy (non-hydrogen) atoms. The van der Waals surface area contributed by atoms with Gasteiger partial charge >= 0.3 is 0 Å². The SMILES string of the molecule is CCCCCCCCc1csc2c1=CCCC=2. The zero-order valence-corrected chi connectivity index (χ0v) is 11.8. The Kier molecular flexibility index (Phi) is 5.31. The maximum absolute atomic E-state index is 2.44. The molecule has 1 heterocycles. The highest BCUT2D eigenvalue weighted by molar-refractivity contribution is 7.07. The molecule has 0 fully saturated rings. The molecule has 1 heteroatoms. The topological polar surface area (TPSA) is 0 Å². The van der Waals surface area contributed by atoms with Crippen molar-refractivity contribution in [3.05, 3.63) is 20.7 Å². The first-order valence-electron chi connectivity index (χ1n) is 7.18. The quantitative estimate of drug-likeness (QED) is 0.640. The van der Waals surface area contributed by atoms with Crippen LogP contribution in [0.1, 0.15) is 63.9 Å². The van der Waals surface area contributed by atoms with Crippen molar-refractivity contribution in [2.24, 2.45) is 0 Å². The minimum absolute atomic E-state index is 1.24. The molecule has 0 aliphatic heterocycles. The Morgan fingerprint density at radius 1 is 1.00 bits per heavy atom. The van der Waals surface area contributed by atoms with E-state index in [0.29, 0.717) is 0 Å². The number of thiophene rings is 1. The van der Waals surface area contributed by atoms with Gasteiger partial charge in [-0.3, -0.25) is 0 Å². The Labute approximate surface area is 109 Å². The second kappa shape index (κ2) is 7.00. The van der Waals surface area contributed by atoms with Gasteiger partial charge in [-0.2, -0.15) is 0 Å². The highest BCUT2D eigenvalue weighted by Crippen LogP contribution is 2.09. The summed E-state index contributed by atoms with van der Waals surface area (Å²) >= 11 is 1.94. The van der Waals surface area contributed by atoms with E-state index in [-0.39, 0.29) is 0 Å². The van der Waals surface area contributed by atoms with Crippen LogP contribution in [0.3, 0.4) is 0 Å². The second-order valence-electron chi connectivity index (χ2n) is 5.04. The van der Waals surface area contributed by atoms with E-state index in [1.807, 2.05) is 11.3 Å². The molecule has 2 rings (SSSR count). The molecule has 0 saturated heterocycles. The summed E-state index contributed by atoms with van der Waals surface area (Å²) in [6, 6.07) is 0. The lowest BCUT2D eigenvalue weighted by Gasteiger charge is -2.01. The van der Waals surface area contributed by atoms with Crippen molar-refractivity contribution in [3.63, 3.8) is 0 Å². The van der Waals surface area contributed by atoms with E-state index < -0.39 is 0 Å². The second-order valence-corrected chi connectivity index (χ2v) is 5.95. The number of aryl methyl sites for hydroxylation is 1. The average Bonchev–Trinajstić information content (AvgIpc) is 2.77. The van der Waals surface area contributed by atoms with Crippen LogP contribution in [-0.2, 0) is 6.42 Å². The summed E-state index contributed by atoms with van der Waals surface area (Å²) in [5.41, 5.74) is 1.61. The summed E-state index contributed by atoms with van der Waals surface area (Å²) < 4.78 is 1.53. The largest absolute Gasteiger partial charge is 0.144 e. The zero-order chi connectivity index (χ0) is 11.9. The summed E-state index contributed by atoms with van der Waals surface area (Å²) in [7, 11) is 0. The lowest BCUT2D eigenvalue weighted by molar-refractivity contribution is 0.607. The van der Waals surface area contributed by atoms with E-state index in [9.17, 15) is 0 Å². The van der Waals surface area contributed by atoms with Crippen LogP contribution in [0.25, 0.3) is 12.2 Å². The van der Waals surface area contributed by atoms with Crippen LogP contribution in [-0.4, -0.2) is 0 Å². The summed E-state index contributed by atoms with van der Waals surface area (Å²) in [4.78, 5) is 0. The molecule has 94 valence electrons. The van der Waals surface area contributed by atoms with Gasteiger partial charge in [0.15, 0.2) is 0 Å². The fourth-order valence-electron chi connectivity index (χ4n) is 2.54. The third-order valence-electron chi connectivity index (χ3n) is 3.58. The zero-order valence-electron chi connectivity index (χ0n) is 11.0.